The third-order valence-electron chi connectivity index (χ3n) is 3.35. The van der Waals surface area contributed by atoms with Gasteiger partial charge in [0.15, 0.2) is 0 Å². The number of halogens is 1. The first-order chi connectivity index (χ1) is 7.59. The molecular formula is C12H16FNOS. The van der Waals surface area contributed by atoms with Crippen molar-refractivity contribution in [2.75, 3.05) is 0 Å². The molecule has 1 aliphatic rings. The number of hydrogen-bond acceptors (Lipinski definition) is 2. The topological polar surface area (TPSA) is 43.1 Å². The van der Waals surface area contributed by atoms with Gasteiger partial charge in [0.25, 0.3) is 0 Å². The Kier molecular flexibility index (Phi) is 3.40. The largest absolute Gasteiger partial charge is 0.327 e. The average molecular weight is 241 g/mol. The van der Waals surface area contributed by atoms with Gasteiger partial charge in [-0.2, -0.15) is 0 Å². The van der Waals surface area contributed by atoms with Crippen molar-refractivity contribution < 1.29 is 8.60 Å². The molecule has 1 aromatic rings. The Bertz CT molecular complexity index is 410. The maximum Gasteiger partial charge on any atom is 0.124 e. The number of benzene rings is 1. The first-order valence-electron chi connectivity index (χ1n) is 5.51. The van der Waals surface area contributed by atoms with Crippen molar-refractivity contribution in [3.63, 3.8) is 0 Å². The smallest absolute Gasteiger partial charge is 0.124 e. The van der Waals surface area contributed by atoms with Crippen LogP contribution in [0.2, 0.25) is 0 Å². The van der Waals surface area contributed by atoms with E-state index in [1.807, 2.05) is 6.92 Å². The predicted octanol–water partition coefficient (Wildman–Crippen LogP) is 2.06. The van der Waals surface area contributed by atoms with Crippen LogP contribution in [0, 0.1) is 11.7 Å². The van der Waals surface area contributed by atoms with Crippen LogP contribution in [-0.2, 0) is 10.8 Å². The Balaban J connectivity index is 2.20. The van der Waals surface area contributed by atoms with Crippen molar-refractivity contribution in [3.05, 3.63) is 30.1 Å². The Morgan fingerprint density at radius 2 is 2.19 bits per heavy atom. The van der Waals surface area contributed by atoms with Gasteiger partial charge in [0.2, 0.25) is 0 Å². The van der Waals surface area contributed by atoms with Gasteiger partial charge in [-0.1, -0.05) is 13.0 Å². The minimum atomic E-state index is -1.14. The number of hydrogen-bond donors (Lipinski definition) is 1. The van der Waals surface area contributed by atoms with E-state index in [4.69, 9.17) is 5.73 Å². The molecule has 1 saturated carbocycles. The lowest BCUT2D eigenvalue weighted by atomic mass is 10.1. The zero-order chi connectivity index (χ0) is 11.7. The minimum absolute atomic E-state index is 0.0665. The van der Waals surface area contributed by atoms with Gasteiger partial charge in [0, 0.05) is 16.2 Å². The van der Waals surface area contributed by atoms with Crippen LogP contribution in [0.1, 0.15) is 19.8 Å². The Labute approximate surface area is 97.5 Å². The summed E-state index contributed by atoms with van der Waals surface area (Å²) in [5.74, 6) is -0.0927. The van der Waals surface area contributed by atoms with Crippen LogP contribution in [0.3, 0.4) is 0 Å². The Morgan fingerprint density at radius 3 is 2.75 bits per heavy atom. The molecule has 88 valence electrons. The summed E-state index contributed by atoms with van der Waals surface area (Å²) in [6.07, 6.45) is 1.78. The fourth-order valence-corrected chi connectivity index (χ4v) is 3.96. The van der Waals surface area contributed by atoms with Gasteiger partial charge in [0.1, 0.15) is 5.82 Å². The molecule has 0 heterocycles. The SMILES string of the molecule is CC1C(N)CCC1S(=O)c1cccc(F)c1. The molecule has 0 aromatic heterocycles. The van der Waals surface area contributed by atoms with E-state index >= 15 is 0 Å². The second kappa shape index (κ2) is 4.63. The van der Waals surface area contributed by atoms with E-state index in [0.717, 1.165) is 12.8 Å². The predicted molar refractivity (Wildman–Crippen MR) is 63.0 cm³/mol. The monoisotopic (exact) mass is 241 g/mol. The third kappa shape index (κ3) is 2.18. The van der Waals surface area contributed by atoms with E-state index in [2.05, 4.69) is 0 Å². The van der Waals surface area contributed by atoms with Gasteiger partial charge < -0.3 is 5.73 Å². The zero-order valence-electron chi connectivity index (χ0n) is 9.23. The van der Waals surface area contributed by atoms with Crippen LogP contribution in [-0.4, -0.2) is 15.5 Å². The van der Waals surface area contributed by atoms with Gasteiger partial charge >= 0.3 is 0 Å². The molecule has 0 aliphatic heterocycles. The highest BCUT2D eigenvalue weighted by molar-refractivity contribution is 7.85. The van der Waals surface area contributed by atoms with E-state index in [0.29, 0.717) is 4.90 Å². The van der Waals surface area contributed by atoms with Crippen molar-refractivity contribution in [2.24, 2.45) is 11.7 Å². The highest BCUT2D eigenvalue weighted by Crippen LogP contribution is 2.31. The van der Waals surface area contributed by atoms with Crippen LogP contribution in [0.4, 0.5) is 4.39 Å². The zero-order valence-corrected chi connectivity index (χ0v) is 10.0. The molecule has 2 nitrogen and oxygen atoms in total. The second-order valence-electron chi connectivity index (χ2n) is 4.39. The molecule has 4 atom stereocenters. The molecular weight excluding hydrogens is 225 g/mol. The highest BCUT2D eigenvalue weighted by Gasteiger charge is 2.34. The lowest BCUT2D eigenvalue weighted by Crippen LogP contribution is -2.29. The standard InChI is InChI=1S/C12H16FNOS/c1-8-11(14)5-6-12(8)16(15)10-4-2-3-9(13)7-10/h2-4,7-8,11-12H,5-6,14H2,1H3. The lowest BCUT2D eigenvalue weighted by molar-refractivity contribution is 0.526. The Morgan fingerprint density at radius 1 is 1.44 bits per heavy atom. The summed E-state index contributed by atoms with van der Waals surface area (Å²) in [6, 6.07) is 6.16. The third-order valence-corrected chi connectivity index (χ3v) is 5.28. The summed E-state index contributed by atoms with van der Waals surface area (Å²) < 4.78 is 25.3. The summed E-state index contributed by atoms with van der Waals surface area (Å²) in [7, 11) is -1.14. The lowest BCUT2D eigenvalue weighted by Gasteiger charge is -2.17. The van der Waals surface area contributed by atoms with Crippen molar-refractivity contribution >= 4 is 10.8 Å². The van der Waals surface area contributed by atoms with Gasteiger partial charge in [-0.15, -0.1) is 0 Å². The Hall–Kier alpha value is -0.740. The van der Waals surface area contributed by atoms with Crippen molar-refractivity contribution in [2.45, 2.75) is 36.0 Å². The summed E-state index contributed by atoms with van der Waals surface area (Å²) >= 11 is 0. The highest BCUT2D eigenvalue weighted by atomic mass is 32.2. The molecule has 4 unspecified atom stereocenters. The number of nitrogens with two attached hydrogens (primary N) is 1. The molecule has 0 spiro atoms. The van der Waals surface area contributed by atoms with Crippen LogP contribution in [0.15, 0.2) is 29.2 Å². The summed E-state index contributed by atoms with van der Waals surface area (Å²) in [4.78, 5) is 0.575. The van der Waals surface area contributed by atoms with Crippen LogP contribution in [0.5, 0.6) is 0 Å². The normalized spacial score (nSPS) is 31.6. The van der Waals surface area contributed by atoms with Gasteiger partial charge in [-0.25, -0.2) is 4.39 Å². The average Bonchev–Trinajstić information content (AvgIpc) is 2.59. The summed E-state index contributed by atoms with van der Waals surface area (Å²) in [5.41, 5.74) is 5.91. The summed E-state index contributed by atoms with van der Waals surface area (Å²) in [5, 5.41) is 0.0665. The number of rotatable bonds is 2. The van der Waals surface area contributed by atoms with Crippen molar-refractivity contribution in [1.29, 1.82) is 0 Å². The van der Waals surface area contributed by atoms with Gasteiger partial charge in [-0.05, 0) is 37.0 Å². The molecule has 0 bridgehead atoms. The molecule has 2 rings (SSSR count). The van der Waals surface area contributed by atoms with Gasteiger partial charge in [-0.3, -0.25) is 4.21 Å². The van der Waals surface area contributed by atoms with Crippen molar-refractivity contribution in [3.8, 4) is 0 Å². The first kappa shape index (κ1) is 11.7. The van der Waals surface area contributed by atoms with Crippen LogP contribution >= 0.6 is 0 Å². The quantitative estimate of drug-likeness (QED) is 0.861. The van der Waals surface area contributed by atoms with Crippen LogP contribution < -0.4 is 5.73 Å². The molecule has 0 saturated heterocycles. The van der Waals surface area contributed by atoms with E-state index in [1.165, 1.54) is 12.1 Å². The maximum atomic E-state index is 13.0. The second-order valence-corrected chi connectivity index (χ2v) is 6.07. The van der Waals surface area contributed by atoms with Gasteiger partial charge in [0.05, 0.1) is 10.8 Å². The first-order valence-corrected chi connectivity index (χ1v) is 6.72. The molecule has 1 fully saturated rings. The molecule has 16 heavy (non-hydrogen) atoms. The fraction of sp³-hybridized carbons (Fsp3) is 0.500. The maximum absolute atomic E-state index is 13.0. The fourth-order valence-electron chi connectivity index (χ4n) is 2.23. The van der Waals surface area contributed by atoms with E-state index in [9.17, 15) is 8.60 Å². The molecule has 0 radical (unpaired) electrons. The summed E-state index contributed by atoms with van der Waals surface area (Å²) in [6.45, 7) is 2.03. The molecule has 2 N–H and O–H groups in total. The molecule has 0 amide bonds. The van der Waals surface area contributed by atoms with E-state index < -0.39 is 10.8 Å². The minimum Gasteiger partial charge on any atom is -0.327 e. The van der Waals surface area contributed by atoms with E-state index in [-0.39, 0.29) is 23.0 Å². The van der Waals surface area contributed by atoms with E-state index in [1.54, 1.807) is 12.1 Å². The molecule has 1 aliphatic carbocycles. The molecule has 4 heteroatoms. The van der Waals surface area contributed by atoms with Crippen LogP contribution in [0.25, 0.3) is 0 Å². The molecule has 1 aromatic carbocycles. The van der Waals surface area contributed by atoms with Crippen molar-refractivity contribution in [1.82, 2.24) is 0 Å².